The van der Waals surface area contributed by atoms with E-state index < -0.39 is 41.2 Å². The largest absolute Gasteiger partial charge is 0.573 e. The summed E-state index contributed by atoms with van der Waals surface area (Å²) in [4.78, 5) is 12.6. The molecule has 0 saturated heterocycles. The summed E-state index contributed by atoms with van der Waals surface area (Å²) in [5, 5.41) is 18.4. The monoisotopic (exact) mass is 438 g/mol. The number of carboxylic acids is 1. The Morgan fingerprint density at radius 1 is 1.26 bits per heavy atom. The summed E-state index contributed by atoms with van der Waals surface area (Å²) in [5.41, 5.74) is 0.754. The van der Waals surface area contributed by atoms with E-state index in [4.69, 9.17) is 5.11 Å². The fourth-order valence-corrected chi connectivity index (χ4v) is 4.05. The Labute approximate surface area is 173 Å². The molecule has 0 spiro atoms. The highest BCUT2D eigenvalue weighted by Crippen LogP contribution is 2.49. The highest BCUT2D eigenvalue weighted by molar-refractivity contribution is 5.75. The van der Waals surface area contributed by atoms with Gasteiger partial charge in [0.25, 0.3) is 0 Å². The van der Waals surface area contributed by atoms with E-state index in [0.29, 0.717) is 29.2 Å². The van der Waals surface area contributed by atoms with Crippen LogP contribution < -0.4 is 9.64 Å². The molecule has 1 N–H and O–H groups in total. The summed E-state index contributed by atoms with van der Waals surface area (Å²) in [5.74, 6) is -4.38. The van der Waals surface area contributed by atoms with Gasteiger partial charge in [-0.2, -0.15) is 5.26 Å². The Morgan fingerprint density at radius 2 is 2.00 bits per heavy atom. The minimum absolute atomic E-state index is 0.0448. The van der Waals surface area contributed by atoms with Gasteiger partial charge in [-0.25, -0.2) is 8.78 Å². The molecule has 1 aliphatic carbocycles. The molecule has 10 heteroatoms. The van der Waals surface area contributed by atoms with Gasteiger partial charge in [-0.3, -0.25) is 4.79 Å². The number of rotatable bonds is 4. The average Bonchev–Trinajstić information content (AvgIpc) is 3.47. The normalized spacial score (nSPS) is 20.1. The van der Waals surface area contributed by atoms with E-state index in [2.05, 4.69) is 4.74 Å². The van der Waals surface area contributed by atoms with Crippen LogP contribution in [0, 0.1) is 28.9 Å². The van der Waals surface area contributed by atoms with Crippen LogP contribution in [0.15, 0.2) is 24.3 Å². The summed E-state index contributed by atoms with van der Waals surface area (Å²) in [6.45, 7) is 0.174. The van der Waals surface area contributed by atoms with Crippen molar-refractivity contribution in [3.05, 3.63) is 58.2 Å². The maximum Gasteiger partial charge on any atom is 0.573 e. The molecule has 2 aliphatic rings. The number of ether oxygens (including phenoxy) is 1. The number of nitrogens with zero attached hydrogens (tertiary/aromatic N) is 2. The second kappa shape index (κ2) is 7.41. The minimum Gasteiger partial charge on any atom is -0.481 e. The summed E-state index contributed by atoms with van der Waals surface area (Å²) in [6.07, 6.45) is -4.49. The van der Waals surface area contributed by atoms with Gasteiger partial charge in [0.05, 0.1) is 11.6 Å². The molecule has 2 aromatic rings. The molecule has 4 rings (SSSR count). The molecule has 1 saturated carbocycles. The third-order valence-electron chi connectivity index (χ3n) is 5.60. The number of hydrogen-bond acceptors (Lipinski definition) is 4. The van der Waals surface area contributed by atoms with E-state index in [-0.39, 0.29) is 31.1 Å². The van der Waals surface area contributed by atoms with Crippen LogP contribution in [0.5, 0.6) is 5.75 Å². The van der Waals surface area contributed by atoms with Gasteiger partial charge >= 0.3 is 12.3 Å². The van der Waals surface area contributed by atoms with Crippen molar-refractivity contribution in [2.45, 2.75) is 31.7 Å². The van der Waals surface area contributed by atoms with Crippen LogP contribution in [0.2, 0.25) is 0 Å². The molecular formula is C21H15F5N2O3. The van der Waals surface area contributed by atoms with Gasteiger partial charge in [-0.05, 0) is 29.5 Å². The fourth-order valence-electron chi connectivity index (χ4n) is 4.05. The van der Waals surface area contributed by atoms with Crippen LogP contribution in [0.3, 0.4) is 0 Å². The number of nitriles is 1. The van der Waals surface area contributed by atoms with Crippen molar-refractivity contribution in [2.24, 2.45) is 5.92 Å². The van der Waals surface area contributed by atoms with Crippen LogP contribution in [-0.4, -0.2) is 24.0 Å². The first kappa shape index (κ1) is 20.9. The van der Waals surface area contributed by atoms with E-state index in [1.165, 1.54) is 11.0 Å². The van der Waals surface area contributed by atoms with E-state index in [1.807, 2.05) is 0 Å². The number of fused-ring (bicyclic) bond motifs is 1. The van der Waals surface area contributed by atoms with E-state index >= 15 is 4.39 Å². The number of carbonyl (C=O) groups is 1. The van der Waals surface area contributed by atoms with Gasteiger partial charge in [0.1, 0.15) is 29.0 Å². The lowest BCUT2D eigenvalue weighted by molar-refractivity contribution is -0.274. The third-order valence-corrected chi connectivity index (χ3v) is 5.60. The highest BCUT2D eigenvalue weighted by Gasteiger charge is 2.46. The maximum atomic E-state index is 15.0. The number of alkyl halides is 3. The van der Waals surface area contributed by atoms with Crippen molar-refractivity contribution in [1.29, 1.82) is 5.26 Å². The van der Waals surface area contributed by atoms with Crippen molar-refractivity contribution >= 4 is 11.7 Å². The Bertz CT molecular complexity index is 1110. The predicted octanol–water partition coefficient (Wildman–Crippen LogP) is 4.49. The molecule has 1 heterocycles. The molecule has 0 bridgehead atoms. The smallest absolute Gasteiger partial charge is 0.481 e. The molecule has 2 atom stereocenters. The van der Waals surface area contributed by atoms with Crippen LogP contribution in [0.25, 0.3) is 0 Å². The average molecular weight is 438 g/mol. The molecule has 162 valence electrons. The summed E-state index contributed by atoms with van der Waals surface area (Å²) < 4.78 is 70.7. The van der Waals surface area contributed by atoms with Gasteiger partial charge in [0.2, 0.25) is 0 Å². The lowest BCUT2D eigenvalue weighted by Crippen LogP contribution is -2.32. The molecule has 0 radical (unpaired) electrons. The fraction of sp³-hybridized carbons (Fsp3) is 0.333. The summed E-state index contributed by atoms with van der Waals surface area (Å²) in [7, 11) is 0. The van der Waals surface area contributed by atoms with Gasteiger partial charge < -0.3 is 14.7 Å². The van der Waals surface area contributed by atoms with Crippen molar-refractivity contribution < 1.29 is 36.6 Å². The zero-order chi connectivity index (χ0) is 22.5. The number of carboxylic acid groups (broad SMARTS) is 1. The van der Waals surface area contributed by atoms with E-state index in [9.17, 15) is 27.6 Å². The lowest BCUT2D eigenvalue weighted by Gasteiger charge is -2.32. The van der Waals surface area contributed by atoms with Crippen molar-refractivity contribution in [3.8, 4) is 11.8 Å². The molecule has 2 aromatic carbocycles. The Morgan fingerprint density at radius 3 is 2.61 bits per heavy atom. The minimum atomic E-state index is -5.03. The SMILES string of the molecule is N#Cc1c(F)cc(OC(F)(F)F)cc1N1CCc2c(ccc([C@H]3C[C@@H]3C(=O)O)c2F)C1. The predicted molar refractivity (Wildman–Crippen MR) is 97.4 cm³/mol. The van der Waals surface area contributed by atoms with Crippen LogP contribution in [0.4, 0.5) is 27.6 Å². The first-order valence-electron chi connectivity index (χ1n) is 9.36. The number of aliphatic carboxylic acids is 1. The van der Waals surface area contributed by atoms with Gasteiger partial charge in [0.15, 0.2) is 0 Å². The van der Waals surface area contributed by atoms with Crippen LogP contribution in [0.1, 0.15) is 34.6 Å². The van der Waals surface area contributed by atoms with Crippen LogP contribution >= 0.6 is 0 Å². The molecule has 1 fully saturated rings. The molecular weight excluding hydrogens is 423 g/mol. The Hall–Kier alpha value is -3.35. The number of benzene rings is 2. The zero-order valence-corrected chi connectivity index (χ0v) is 15.8. The molecule has 5 nitrogen and oxygen atoms in total. The maximum absolute atomic E-state index is 15.0. The second-order valence-corrected chi connectivity index (χ2v) is 7.52. The molecule has 0 aromatic heterocycles. The van der Waals surface area contributed by atoms with E-state index in [0.717, 1.165) is 6.07 Å². The number of halogens is 5. The third kappa shape index (κ3) is 4.00. The molecule has 31 heavy (non-hydrogen) atoms. The Kier molecular flexibility index (Phi) is 5.00. The molecule has 1 aliphatic heterocycles. The summed E-state index contributed by atoms with van der Waals surface area (Å²) in [6, 6.07) is 6.23. The first-order chi connectivity index (χ1) is 14.6. The van der Waals surface area contributed by atoms with E-state index in [1.54, 1.807) is 12.1 Å². The first-order valence-corrected chi connectivity index (χ1v) is 9.36. The quantitative estimate of drug-likeness (QED) is 0.713. The van der Waals surface area contributed by atoms with Crippen molar-refractivity contribution in [3.63, 3.8) is 0 Å². The second-order valence-electron chi connectivity index (χ2n) is 7.52. The van der Waals surface area contributed by atoms with Gasteiger partial charge in [0, 0.05) is 31.1 Å². The highest BCUT2D eigenvalue weighted by atomic mass is 19.4. The summed E-state index contributed by atoms with van der Waals surface area (Å²) >= 11 is 0. The van der Waals surface area contributed by atoms with Crippen molar-refractivity contribution in [1.82, 2.24) is 0 Å². The molecule has 0 amide bonds. The van der Waals surface area contributed by atoms with Gasteiger partial charge in [-0.1, -0.05) is 12.1 Å². The lowest BCUT2D eigenvalue weighted by atomic mass is 9.93. The number of hydrogen-bond donors (Lipinski definition) is 1. The number of anilines is 1. The van der Waals surface area contributed by atoms with Gasteiger partial charge in [-0.15, -0.1) is 13.2 Å². The Balaban J connectivity index is 1.64. The molecule has 0 unspecified atom stereocenters. The zero-order valence-electron chi connectivity index (χ0n) is 15.8. The topological polar surface area (TPSA) is 73.6 Å². The van der Waals surface area contributed by atoms with Crippen LogP contribution in [-0.2, 0) is 17.8 Å². The standard InChI is InChI=1S/C21H15F5N2O3/c22-17-5-11(31-21(24,25)26)6-18(16(17)8-27)28-4-3-12-10(9-28)1-2-13(19(12)23)14-7-15(14)20(29)30/h1-2,5-6,14-15H,3-4,7,9H2,(H,29,30)/t14-,15+/m1/s1. The van der Waals surface area contributed by atoms with Crippen molar-refractivity contribution in [2.75, 3.05) is 11.4 Å².